The predicted molar refractivity (Wildman–Crippen MR) is 117 cm³/mol. The lowest BCUT2D eigenvalue weighted by molar-refractivity contribution is -0.123. The normalized spacial score (nSPS) is 21.0. The Labute approximate surface area is 177 Å². The number of carbonyl (C=O) groups is 2. The molecule has 2 aliphatic rings. The molecule has 30 heavy (non-hydrogen) atoms. The third-order valence-corrected chi connectivity index (χ3v) is 5.76. The Bertz CT molecular complexity index is 920. The number of benzene rings is 2. The van der Waals surface area contributed by atoms with Crippen LogP contribution in [0.2, 0.25) is 0 Å². The lowest BCUT2D eigenvalue weighted by Gasteiger charge is -2.36. The van der Waals surface area contributed by atoms with E-state index >= 15 is 0 Å². The van der Waals surface area contributed by atoms with Crippen molar-refractivity contribution in [3.63, 3.8) is 0 Å². The van der Waals surface area contributed by atoms with Crippen molar-refractivity contribution in [2.24, 2.45) is 0 Å². The van der Waals surface area contributed by atoms with Crippen LogP contribution in [0.15, 0.2) is 60.7 Å². The number of amides is 2. The number of piperazine rings is 1. The molecule has 2 aliphatic heterocycles. The van der Waals surface area contributed by atoms with Gasteiger partial charge in [-0.15, -0.1) is 0 Å². The molecular weight excluding hydrogens is 378 g/mol. The van der Waals surface area contributed by atoms with Crippen molar-refractivity contribution < 1.29 is 14.3 Å². The van der Waals surface area contributed by atoms with Gasteiger partial charge >= 0.3 is 0 Å². The molecule has 2 amide bonds. The van der Waals surface area contributed by atoms with Gasteiger partial charge in [0, 0.05) is 38.8 Å². The summed E-state index contributed by atoms with van der Waals surface area (Å²) >= 11 is 0. The lowest BCUT2D eigenvalue weighted by Crippen LogP contribution is -2.52. The highest BCUT2D eigenvalue weighted by molar-refractivity contribution is 6.22. The van der Waals surface area contributed by atoms with Crippen LogP contribution in [0.1, 0.15) is 12.0 Å². The second kappa shape index (κ2) is 9.24. The topological polar surface area (TPSA) is 53.1 Å². The molecule has 2 aromatic rings. The molecule has 2 aromatic carbocycles. The molecule has 2 saturated heterocycles. The molecule has 0 bridgehead atoms. The van der Waals surface area contributed by atoms with E-state index < -0.39 is 0 Å². The fourth-order valence-electron chi connectivity index (χ4n) is 4.08. The highest BCUT2D eigenvalue weighted by atomic mass is 16.5. The second-order valence-electron chi connectivity index (χ2n) is 7.64. The van der Waals surface area contributed by atoms with Crippen LogP contribution in [0.5, 0.6) is 5.75 Å². The quantitative estimate of drug-likeness (QED) is 0.692. The maximum atomic E-state index is 13.0. The van der Waals surface area contributed by atoms with Gasteiger partial charge in [-0.1, -0.05) is 48.6 Å². The smallest absolute Gasteiger partial charge is 0.251 e. The number of imide groups is 1. The van der Waals surface area contributed by atoms with E-state index in [0.717, 1.165) is 32.7 Å². The summed E-state index contributed by atoms with van der Waals surface area (Å²) in [6.45, 7) is 4.23. The van der Waals surface area contributed by atoms with E-state index in [2.05, 4.69) is 34.1 Å². The van der Waals surface area contributed by atoms with Crippen LogP contribution in [0, 0.1) is 0 Å². The molecular formula is C24H27N3O3. The van der Waals surface area contributed by atoms with Crippen molar-refractivity contribution in [2.45, 2.75) is 12.5 Å². The largest absolute Gasteiger partial charge is 0.497 e. The number of anilines is 1. The highest BCUT2D eigenvalue weighted by Crippen LogP contribution is 2.28. The molecule has 4 rings (SSSR count). The maximum absolute atomic E-state index is 13.0. The highest BCUT2D eigenvalue weighted by Gasteiger charge is 2.43. The van der Waals surface area contributed by atoms with Crippen LogP contribution >= 0.6 is 0 Å². The molecule has 0 N–H and O–H groups in total. The van der Waals surface area contributed by atoms with Crippen molar-refractivity contribution >= 4 is 23.6 Å². The first-order chi connectivity index (χ1) is 14.7. The molecule has 0 unspecified atom stereocenters. The van der Waals surface area contributed by atoms with Gasteiger partial charge in [0.2, 0.25) is 5.91 Å². The van der Waals surface area contributed by atoms with Crippen molar-refractivity contribution in [2.75, 3.05) is 44.7 Å². The fraction of sp³-hybridized carbons (Fsp3) is 0.333. The van der Waals surface area contributed by atoms with Crippen LogP contribution in [0.25, 0.3) is 6.08 Å². The van der Waals surface area contributed by atoms with E-state index in [1.54, 1.807) is 31.4 Å². The van der Waals surface area contributed by atoms with Crippen molar-refractivity contribution in [1.82, 2.24) is 9.80 Å². The number of methoxy groups -OCH3 is 1. The van der Waals surface area contributed by atoms with Gasteiger partial charge in [0.25, 0.3) is 5.91 Å². The zero-order valence-corrected chi connectivity index (χ0v) is 17.2. The average molecular weight is 405 g/mol. The Morgan fingerprint density at radius 1 is 1.00 bits per heavy atom. The van der Waals surface area contributed by atoms with Gasteiger partial charge in [-0.2, -0.15) is 0 Å². The molecule has 0 saturated carbocycles. The van der Waals surface area contributed by atoms with E-state index in [0.29, 0.717) is 11.4 Å². The number of nitrogens with zero attached hydrogens (tertiary/aromatic N) is 3. The van der Waals surface area contributed by atoms with Gasteiger partial charge in [-0.05, 0) is 17.7 Å². The Hall–Kier alpha value is -2.96. The minimum Gasteiger partial charge on any atom is -0.497 e. The molecule has 0 aliphatic carbocycles. The number of hydrogen-bond donors (Lipinski definition) is 0. The maximum Gasteiger partial charge on any atom is 0.251 e. The van der Waals surface area contributed by atoms with Crippen molar-refractivity contribution in [3.8, 4) is 5.75 Å². The van der Waals surface area contributed by atoms with Crippen LogP contribution in [0.4, 0.5) is 5.69 Å². The van der Waals surface area contributed by atoms with Gasteiger partial charge in [0.1, 0.15) is 5.75 Å². The van der Waals surface area contributed by atoms with Gasteiger partial charge in [0.15, 0.2) is 0 Å². The predicted octanol–water partition coefficient (Wildman–Crippen LogP) is 2.66. The van der Waals surface area contributed by atoms with Gasteiger partial charge < -0.3 is 4.74 Å². The first-order valence-electron chi connectivity index (χ1n) is 10.3. The first-order valence-corrected chi connectivity index (χ1v) is 10.3. The van der Waals surface area contributed by atoms with E-state index in [4.69, 9.17) is 4.74 Å². The summed E-state index contributed by atoms with van der Waals surface area (Å²) in [5.41, 5.74) is 1.78. The summed E-state index contributed by atoms with van der Waals surface area (Å²) in [4.78, 5) is 31.5. The summed E-state index contributed by atoms with van der Waals surface area (Å²) in [6.07, 6.45) is 4.56. The van der Waals surface area contributed by atoms with E-state index in [1.807, 2.05) is 18.2 Å². The van der Waals surface area contributed by atoms with Crippen LogP contribution < -0.4 is 9.64 Å². The van der Waals surface area contributed by atoms with Gasteiger partial charge in [0.05, 0.1) is 25.3 Å². The molecule has 156 valence electrons. The number of carbonyl (C=O) groups excluding carboxylic acids is 2. The molecule has 0 aromatic heterocycles. The molecule has 2 heterocycles. The van der Waals surface area contributed by atoms with Crippen molar-refractivity contribution in [3.05, 3.63) is 66.2 Å². The molecule has 0 radical (unpaired) electrons. The average Bonchev–Trinajstić information content (AvgIpc) is 3.09. The van der Waals surface area contributed by atoms with E-state index in [9.17, 15) is 9.59 Å². The number of ether oxygens (including phenoxy) is 1. The summed E-state index contributed by atoms with van der Waals surface area (Å²) < 4.78 is 5.23. The zero-order chi connectivity index (χ0) is 20.9. The molecule has 2 fully saturated rings. The minimum absolute atomic E-state index is 0.134. The van der Waals surface area contributed by atoms with Crippen LogP contribution in [-0.2, 0) is 9.59 Å². The second-order valence-corrected chi connectivity index (χ2v) is 7.64. The standard InChI is InChI=1S/C24H27N3O3/c1-30-21-11-5-10-20(17-21)27-23(28)18-22(24(27)29)26-15-13-25(14-16-26)12-6-9-19-7-3-2-4-8-19/h2-11,17,22H,12-16,18H2,1H3/b9-6+/t22-/m1/s1. The Balaban J connectivity index is 1.33. The lowest BCUT2D eigenvalue weighted by atomic mass is 10.1. The number of rotatable bonds is 6. The zero-order valence-electron chi connectivity index (χ0n) is 17.2. The summed E-state index contributed by atoms with van der Waals surface area (Å²) in [5.74, 6) is 0.353. The Morgan fingerprint density at radius 3 is 2.50 bits per heavy atom. The van der Waals surface area contributed by atoms with Crippen molar-refractivity contribution in [1.29, 1.82) is 0 Å². The van der Waals surface area contributed by atoms with Crippen LogP contribution in [0.3, 0.4) is 0 Å². The molecule has 0 spiro atoms. The van der Waals surface area contributed by atoms with E-state index in [1.165, 1.54) is 10.5 Å². The fourth-order valence-corrected chi connectivity index (χ4v) is 4.08. The molecule has 6 nitrogen and oxygen atoms in total. The summed E-state index contributed by atoms with van der Waals surface area (Å²) in [7, 11) is 1.57. The Kier molecular flexibility index (Phi) is 6.26. The summed E-state index contributed by atoms with van der Waals surface area (Å²) in [6, 6.07) is 17.0. The van der Waals surface area contributed by atoms with Gasteiger partial charge in [-0.25, -0.2) is 4.90 Å². The molecule has 6 heteroatoms. The number of hydrogen-bond acceptors (Lipinski definition) is 5. The molecule has 1 atom stereocenters. The Morgan fingerprint density at radius 2 is 1.77 bits per heavy atom. The third kappa shape index (κ3) is 4.45. The third-order valence-electron chi connectivity index (χ3n) is 5.76. The van der Waals surface area contributed by atoms with Gasteiger partial charge in [-0.3, -0.25) is 19.4 Å². The monoisotopic (exact) mass is 405 g/mol. The summed E-state index contributed by atoms with van der Waals surface area (Å²) in [5, 5.41) is 0. The minimum atomic E-state index is -0.370. The first kappa shape index (κ1) is 20.3. The van der Waals surface area contributed by atoms with E-state index in [-0.39, 0.29) is 24.3 Å². The van der Waals surface area contributed by atoms with Crippen LogP contribution in [-0.4, -0.2) is 67.5 Å². The SMILES string of the molecule is COc1cccc(N2C(=O)C[C@@H](N3CCN(C/C=C/c4ccccc4)CC3)C2=O)c1.